The minimum Gasteiger partial charge on any atom is -0.485 e. The van der Waals surface area contributed by atoms with Gasteiger partial charge in [0.2, 0.25) is 0 Å². The summed E-state index contributed by atoms with van der Waals surface area (Å²) in [6.07, 6.45) is 0.474. The third-order valence-electron chi connectivity index (χ3n) is 3.02. The molecule has 2 N–H and O–H groups in total. The summed E-state index contributed by atoms with van der Waals surface area (Å²) >= 11 is 0. The number of para-hydroxylation sites is 1. The van der Waals surface area contributed by atoms with Gasteiger partial charge < -0.3 is 10.5 Å². The lowest BCUT2D eigenvalue weighted by Crippen LogP contribution is -2.07. The summed E-state index contributed by atoms with van der Waals surface area (Å²) < 4.78 is 32.5. The summed E-state index contributed by atoms with van der Waals surface area (Å²) in [5.74, 6) is -0.879. The van der Waals surface area contributed by atoms with Crippen LogP contribution >= 0.6 is 0 Å². The SMILES string of the molecule is N#Cc1ccc(F)cc1COc1c(F)cccc1CCN. The van der Waals surface area contributed by atoms with E-state index in [0.29, 0.717) is 29.7 Å². The van der Waals surface area contributed by atoms with Gasteiger partial charge in [-0.1, -0.05) is 12.1 Å². The normalized spacial score (nSPS) is 10.2. The second kappa shape index (κ2) is 6.82. The van der Waals surface area contributed by atoms with E-state index in [2.05, 4.69) is 0 Å². The molecule has 0 aliphatic heterocycles. The second-order valence-electron chi connectivity index (χ2n) is 4.47. The summed E-state index contributed by atoms with van der Waals surface area (Å²) in [5, 5.41) is 8.98. The molecule has 0 amide bonds. The minimum atomic E-state index is -0.504. The number of nitrogens with two attached hydrogens (primary N) is 1. The van der Waals surface area contributed by atoms with Crippen LogP contribution in [0, 0.1) is 23.0 Å². The summed E-state index contributed by atoms with van der Waals surface area (Å²) in [4.78, 5) is 0. The molecule has 5 heteroatoms. The first kappa shape index (κ1) is 14.9. The summed E-state index contributed by atoms with van der Waals surface area (Å²) in [7, 11) is 0. The summed E-state index contributed by atoms with van der Waals surface area (Å²) in [6.45, 7) is 0.280. The fourth-order valence-corrected chi connectivity index (χ4v) is 2.01. The lowest BCUT2D eigenvalue weighted by atomic mass is 10.1. The second-order valence-corrected chi connectivity index (χ2v) is 4.47. The molecule has 0 aromatic heterocycles. The molecule has 2 aromatic rings. The van der Waals surface area contributed by atoms with Gasteiger partial charge in [-0.25, -0.2) is 8.78 Å². The lowest BCUT2D eigenvalue weighted by Gasteiger charge is -2.12. The van der Waals surface area contributed by atoms with Crippen LogP contribution in [0.25, 0.3) is 0 Å². The maximum Gasteiger partial charge on any atom is 0.165 e. The lowest BCUT2D eigenvalue weighted by molar-refractivity contribution is 0.286. The Labute approximate surface area is 121 Å². The Morgan fingerprint density at radius 1 is 1.14 bits per heavy atom. The summed E-state index contributed by atoms with van der Waals surface area (Å²) in [5.41, 5.74) is 6.80. The fourth-order valence-electron chi connectivity index (χ4n) is 2.01. The number of halogens is 2. The van der Waals surface area contributed by atoms with E-state index >= 15 is 0 Å². The van der Waals surface area contributed by atoms with Gasteiger partial charge in [0.05, 0.1) is 11.6 Å². The monoisotopic (exact) mass is 288 g/mol. The molecule has 0 spiro atoms. The zero-order chi connectivity index (χ0) is 15.2. The van der Waals surface area contributed by atoms with Crippen molar-refractivity contribution in [2.45, 2.75) is 13.0 Å². The third-order valence-corrected chi connectivity index (χ3v) is 3.02. The standard InChI is InChI=1S/C16H14F2N2O/c17-14-5-4-12(9-20)13(8-14)10-21-16-11(6-7-19)2-1-3-15(16)18/h1-5,8H,6-7,10,19H2. The van der Waals surface area contributed by atoms with E-state index < -0.39 is 11.6 Å². The number of nitrogens with zero attached hydrogens (tertiary/aromatic N) is 1. The van der Waals surface area contributed by atoms with Crippen LogP contribution in [0.1, 0.15) is 16.7 Å². The molecule has 0 aliphatic rings. The predicted octanol–water partition coefficient (Wildman–Crippen LogP) is 2.92. The minimum absolute atomic E-state index is 0.0842. The quantitative estimate of drug-likeness (QED) is 0.920. The fraction of sp³-hybridized carbons (Fsp3) is 0.188. The molecule has 2 aromatic carbocycles. The summed E-state index contributed by atoms with van der Waals surface area (Å²) in [6, 6.07) is 10.3. The number of hydrogen-bond donors (Lipinski definition) is 1. The Hall–Kier alpha value is -2.45. The van der Waals surface area contributed by atoms with Gasteiger partial charge in [0.15, 0.2) is 11.6 Å². The van der Waals surface area contributed by atoms with Crippen LogP contribution in [0.15, 0.2) is 36.4 Å². The van der Waals surface area contributed by atoms with Crippen molar-refractivity contribution < 1.29 is 13.5 Å². The first-order valence-electron chi connectivity index (χ1n) is 6.44. The van der Waals surface area contributed by atoms with Crippen LogP contribution in [0.4, 0.5) is 8.78 Å². The molecular formula is C16H14F2N2O. The number of rotatable bonds is 5. The first-order chi connectivity index (χ1) is 10.2. The third kappa shape index (κ3) is 3.56. The molecule has 0 atom stereocenters. The maximum absolute atomic E-state index is 13.8. The highest BCUT2D eigenvalue weighted by molar-refractivity contribution is 5.39. The van der Waals surface area contributed by atoms with E-state index in [1.807, 2.05) is 6.07 Å². The molecule has 0 unspecified atom stereocenters. The van der Waals surface area contributed by atoms with Gasteiger partial charge in [-0.2, -0.15) is 5.26 Å². The molecule has 0 heterocycles. The van der Waals surface area contributed by atoms with E-state index in [-0.39, 0.29) is 12.4 Å². The van der Waals surface area contributed by atoms with Crippen molar-refractivity contribution in [1.29, 1.82) is 5.26 Å². The van der Waals surface area contributed by atoms with Crippen LogP contribution in [-0.4, -0.2) is 6.54 Å². The van der Waals surface area contributed by atoms with Crippen LogP contribution < -0.4 is 10.5 Å². The van der Waals surface area contributed by atoms with Gasteiger partial charge in [-0.15, -0.1) is 0 Å². The molecule has 0 radical (unpaired) electrons. The van der Waals surface area contributed by atoms with Gasteiger partial charge in [-0.05, 0) is 42.8 Å². The van der Waals surface area contributed by atoms with E-state index in [4.69, 9.17) is 15.7 Å². The Morgan fingerprint density at radius 2 is 1.95 bits per heavy atom. The molecule has 2 rings (SSSR count). The molecule has 0 bridgehead atoms. The van der Waals surface area contributed by atoms with E-state index in [1.165, 1.54) is 24.3 Å². The number of benzene rings is 2. The van der Waals surface area contributed by atoms with E-state index in [1.54, 1.807) is 12.1 Å². The Bertz CT molecular complexity index is 680. The predicted molar refractivity (Wildman–Crippen MR) is 74.6 cm³/mol. The molecular weight excluding hydrogens is 274 g/mol. The van der Waals surface area contributed by atoms with E-state index in [9.17, 15) is 8.78 Å². The van der Waals surface area contributed by atoms with Crippen LogP contribution in [0.5, 0.6) is 5.75 Å². The molecule has 108 valence electrons. The molecule has 0 saturated heterocycles. The highest BCUT2D eigenvalue weighted by Gasteiger charge is 2.11. The van der Waals surface area contributed by atoms with Crippen molar-refractivity contribution in [2.24, 2.45) is 5.73 Å². The number of hydrogen-bond acceptors (Lipinski definition) is 3. The highest BCUT2D eigenvalue weighted by atomic mass is 19.1. The maximum atomic E-state index is 13.8. The van der Waals surface area contributed by atoms with Crippen molar-refractivity contribution >= 4 is 0 Å². The zero-order valence-electron chi connectivity index (χ0n) is 11.3. The largest absolute Gasteiger partial charge is 0.485 e. The van der Waals surface area contributed by atoms with Crippen molar-refractivity contribution in [3.05, 3.63) is 64.7 Å². The Kier molecular flexibility index (Phi) is 4.85. The van der Waals surface area contributed by atoms with E-state index in [0.717, 1.165) is 0 Å². The first-order valence-corrected chi connectivity index (χ1v) is 6.44. The van der Waals surface area contributed by atoms with Gasteiger partial charge in [-0.3, -0.25) is 0 Å². The Morgan fingerprint density at radius 3 is 2.67 bits per heavy atom. The molecule has 0 saturated carbocycles. The molecule has 0 aliphatic carbocycles. The molecule has 3 nitrogen and oxygen atoms in total. The van der Waals surface area contributed by atoms with Crippen molar-refractivity contribution in [2.75, 3.05) is 6.54 Å². The highest BCUT2D eigenvalue weighted by Crippen LogP contribution is 2.24. The van der Waals surface area contributed by atoms with Crippen molar-refractivity contribution in [1.82, 2.24) is 0 Å². The number of nitriles is 1. The smallest absolute Gasteiger partial charge is 0.165 e. The zero-order valence-corrected chi connectivity index (χ0v) is 11.3. The molecule has 21 heavy (non-hydrogen) atoms. The average Bonchev–Trinajstić information content (AvgIpc) is 2.47. The van der Waals surface area contributed by atoms with Gasteiger partial charge >= 0.3 is 0 Å². The average molecular weight is 288 g/mol. The van der Waals surface area contributed by atoms with Crippen LogP contribution in [0.3, 0.4) is 0 Å². The number of ether oxygens (including phenoxy) is 1. The van der Waals surface area contributed by atoms with Crippen LogP contribution in [-0.2, 0) is 13.0 Å². The molecule has 0 fully saturated rings. The van der Waals surface area contributed by atoms with Crippen molar-refractivity contribution in [3.63, 3.8) is 0 Å². The van der Waals surface area contributed by atoms with Gasteiger partial charge in [0.1, 0.15) is 12.4 Å². The van der Waals surface area contributed by atoms with Crippen LogP contribution in [0.2, 0.25) is 0 Å². The Balaban J connectivity index is 2.25. The van der Waals surface area contributed by atoms with Gasteiger partial charge in [0, 0.05) is 5.56 Å². The topological polar surface area (TPSA) is 59.0 Å². The van der Waals surface area contributed by atoms with Gasteiger partial charge in [0.25, 0.3) is 0 Å². The van der Waals surface area contributed by atoms with Crippen molar-refractivity contribution in [3.8, 4) is 11.8 Å².